The second kappa shape index (κ2) is 20.9. The molecular formula is C24H24Se2Ti. The van der Waals surface area contributed by atoms with E-state index in [0.29, 0.717) is 0 Å². The van der Waals surface area contributed by atoms with Crippen LogP contribution in [-0.4, -0.2) is 32.0 Å². The summed E-state index contributed by atoms with van der Waals surface area (Å²) in [4.78, 5) is 0. The molecule has 12 radical (unpaired) electrons. The van der Waals surface area contributed by atoms with Gasteiger partial charge in [-0.25, -0.2) is 0 Å². The monoisotopic (exact) mass is 520 g/mol. The molecule has 0 saturated heterocycles. The van der Waals surface area contributed by atoms with Gasteiger partial charge in [0.15, 0.2) is 0 Å². The van der Waals surface area contributed by atoms with E-state index in [1.54, 1.807) is 0 Å². The van der Waals surface area contributed by atoms with Crippen LogP contribution in [0.1, 0.15) is 11.1 Å². The zero-order valence-electron chi connectivity index (χ0n) is 15.3. The van der Waals surface area contributed by atoms with Crippen molar-refractivity contribution in [1.29, 1.82) is 0 Å². The Morgan fingerprint density at radius 1 is 0.407 bits per heavy atom. The molecule has 0 atom stereocenters. The Balaban J connectivity index is 0.000000337. The first kappa shape index (κ1) is 27.2. The predicted octanol–water partition coefficient (Wildman–Crippen LogP) is 4.75. The van der Waals surface area contributed by atoms with Gasteiger partial charge >= 0.3 is 114 Å². The van der Waals surface area contributed by atoms with E-state index in [1.165, 1.54) is 11.1 Å². The van der Waals surface area contributed by atoms with Crippen LogP contribution in [0.4, 0.5) is 0 Å². The standard InChI is InChI=1S/2C7H7Se.2C5H5.Ti/c2*8-6-7-4-2-1-3-5-7;2*1-2-4-5-3-1;/h2*1-5H,6H2;2*1-5H;. The van der Waals surface area contributed by atoms with E-state index < -0.39 is 0 Å². The summed E-state index contributed by atoms with van der Waals surface area (Å²) >= 11 is 5.92. The van der Waals surface area contributed by atoms with Crippen LogP contribution in [-0.2, 0) is 32.4 Å². The van der Waals surface area contributed by atoms with E-state index >= 15 is 0 Å². The van der Waals surface area contributed by atoms with Gasteiger partial charge in [-0.15, -0.1) is 0 Å². The van der Waals surface area contributed by atoms with Gasteiger partial charge in [0, 0.05) is 21.7 Å². The van der Waals surface area contributed by atoms with Crippen molar-refractivity contribution in [2.45, 2.75) is 10.6 Å². The molecule has 3 heteroatoms. The minimum atomic E-state index is 0. The smallest absolute Gasteiger partial charge is 0 e. The molecule has 0 amide bonds. The summed E-state index contributed by atoms with van der Waals surface area (Å²) in [5.41, 5.74) is 2.71. The first-order chi connectivity index (χ1) is 12.9. The molecule has 0 aromatic heterocycles. The molecule has 2 aromatic rings. The third-order valence-electron chi connectivity index (χ3n) is 3.13. The van der Waals surface area contributed by atoms with Crippen LogP contribution in [0.3, 0.4) is 0 Å². The average molecular weight is 518 g/mol. The summed E-state index contributed by atoms with van der Waals surface area (Å²) in [6, 6.07) is 20.7. The molecule has 0 heterocycles. The fourth-order valence-electron chi connectivity index (χ4n) is 1.79. The predicted molar refractivity (Wildman–Crippen MR) is 115 cm³/mol. The maximum Gasteiger partial charge on any atom is 0 e. The van der Waals surface area contributed by atoms with Crippen LogP contribution in [0.15, 0.2) is 60.7 Å². The Kier molecular flexibility index (Phi) is 21.1. The van der Waals surface area contributed by atoms with Crippen molar-refractivity contribution in [3.8, 4) is 0 Å². The molecule has 4 rings (SSSR count). The van der Waals surface area contributed by atoms with Crippen molar-refractivity contribution in [3.05, 3.63) is 136 Å². The fraction of sp³-hybridized carbons (Fsp3) is 0.0833. The molecule has 2 fully saturated rings. The molecule has 0 unspecified atom stereocenters. The molecule has 2 saturated carbocycles. The van der Waals surface area contributed by atoms with Crippen molar-refractivity contribution < 1.29 is 21.7 Å². The Hall–Kier alpha value is 0.193. The molecule has 2 aromatic carbocycles. The van der Waals surface area contributed by atoms with Crippen molar-refractivity contribution in [2.24, 2.45) is 0 Å². The average Bonchev–Trinajstić information content (AvgIpc) is 3.48. The van der Waals surface area contributed by atoms with Gasteiger partial charge in [-0.1, -0.05) is 0 Å². The van der Waals surface area contributed by atoms with Gasteiger partial charge in [-0.2, -0.15) is 0 Å². The van der Waals surface area contributed by atoms with Gasteiger partial charge < -0.3 is 0 Å². The maximum absolute atomic E-state index is 2.96. The van der Waals surface area contributed by atoms with Gasteiger partial charge in [0.05, 0.1) is 0 Å². The van der Waals surface area contributed by atoms with Gasteiger partial charge in [-0.05, 0) is 64.2 Å². The largest absolute Gasteiger partial charge is 0 e. The SMILES string of the molecule is [CH]1[CH][CH][CH][CH]1.[CH]1[CH][CH][CH][CH]1.[Se]Cc1ccccc1.[Se]Cc1ccccc1.[Ti]. The van der Waals surface area contributed by atoms with E-state index in [9.17, 15) is 0 Å². The molecule has 0 N–H and O–H groups in total. The van der Waals surface area contributed by atoms with Crippen LogP contribution < -0.4 is 0 Å². The number of rotatable bonds is 2. The molecule has 136 valence electrons. The zero-order valence-corrected chi connectivity index (χ0v) is 20.3. The van der Waals surface area contributed by atoms with E-state index in [2.05, 4.69) is 56.3 Å². The summed E-state index contributed by atoms with van der Waals surface area (Å²) in [6.07, 6.45) is 20.0. The summed E-state index contributed by atoms with van der Waals surface area (Å²) in [5.74, 6) is 0. The molecule has 27 heavy (non-hydrogen) atoms. The van der Waals surface area contributed by atoms with Crippen molar-refractivity contribution in [1.82, 2.24) is 0 Å². The van der Waals surface area contributed by atoms with Crippen LogP contribution >= 0.6 is 0 Å². The van der Waals surface area contributed by atoms with Crippen LogP contribution in [0.2, 0.25) is 0 Å². The Bertz CT molecular complexity index is 444. The Labute approximate surface area is 199 Å². The molecule has 0 bridgehead atoms. The first-order valence-corrected chi connectivity index (χ1v) is 10.9. The van der Waals surface area contributed by atoms with Gasteiger partial charge in [-0.3, -0.25) is 0 Å². The van der Waals surface area contributed by atoms with Crippen LogP contribution in [0.25, 0.3) is 0 Å². The van der Waals surface area contributed by atoms with E-state index in [0.717, 1.165) is 10.6 Å². The van der Waals surface area contributed by atoms with Crippen molar-refractivity contribution in [2.75, 3.05) is 0 Å². The fourth-order valence-corrected chi connectivity index (χ4v) is 2.60. The number of benzene rings is 2. The van der Waals surface area contributed by atoms with E-state index in [-0.39, 0.29) is 21.7 Å². The zero-order chi connectivity index (χ0) is 18.7. The second-order valence-electron chi connectivity index (χ2n) is 5.18. The molecule has 0 nitrogen and oxygen atoms in total. The number of hydrogen-bond acceptors (Lipinski definition) is 0. The van der Waals surface area contributed by atoms with Crippen LogP contribution in [0.5, 0.6) is 0 Å². The normalized spacial score (nSPS) is 14.3. The Morgan fingerprint density at radius 2 is 0.630 bits per heavy atom. The molecular weight excluding hydrogens is 494 g/mol. The maximum atomic E-state index is 2.96. The summed E-state index contributed by atoms with van der Waals surface area (Å²) in [5, 5.41) is 2.03. The van der Waals surface area contributed by atoms with E-state index in [4.69, 9.17) is 0 Å². The molecule has 0 spiro atoms. The summed E-state index contributed by atoms with van der Waals surface area (Å²) in [7, 11) is 0. The number of hydrogen-bond donors (Lipinski definition) is 0. The Morgan fingerprint density at radius 3 is 0.778 bits per heavy atom. The topological polar surface area (TPSA) is 0 Å². The molecule has 2 aliphatic carbocycles. The third kappa shape index (κ3) is 16.8. The van der Waals surface area contributed by atoms with Gasteiger partial charge in [0.2, 0.25) is 0 Å². The minimum Gasteiger partial charge on any atom is 0 e. The summed E-state index contributed by atoms with van der Waals surface area (Å²) in [6.45, 7) is 0. The van der Waals surface area contributed by atoms with Crippen molar-refractivity contribution >= 4 is 32.0 Å². The molecule has 0 aliphatic heterocycles. The van der Waals surface area contributed by atoms with Gasteiger partial charge in [0.25, 0.3) is 0 Å². The summed E-state index contributed by atoms with van der Waals surface area (Å²) < 4.78 is 0. The second-order valence-corrected chi connectivity index (χ2v) is 6.40. The minimum absolute atomic E-state index is 0. The first-order valence-electron chi connectivity index (χ1n) is 8.44. The molecule has 2 aliphatic rings. The van der Waals surface area contributed by atoms with Gasteiger partial charge in [0.1, 0.15) is 0 Å². The third-order valence-corrected chi connectivity index (χ3v) is 4.53. The van der Waals surface area contributed by atoms with Crippen LogP contribution in [0, 0.1) is 64.2 Å². The van der Waals surface area contributed by atoms with Crippen molar-refractivity contribution in [3.63, 3.8) is 0 Å². The van der Waals surface area contributed by atoms with E-state index in [1.807, 2.05) is 101 Å². The quantitative estimate of drug-likeness (QED) is 0.504.